The van der Waals surface area contributed by atoms with Crippen LogP contribution < -0.4 is 0 Å². The second-order valence-corrected chi connectivity index (χ2v) is 19.4. The maximum Gasteiger partial charge on any atom is 0.164 e. The molecule has 0 bridgehead atoms. The van der Waals surface area contributed by atoms with Gasteiger partial charge in [-0.2, -0.15) is 0 Å². The van der Waals surface area contributed by atoms with Crippen LogP contribution in [0.25, 0.3) is 104 Å². The summed E-state index contributed by atoms with van der Waals surface area (Å²) < 4.78 is 5.06. The summed E-state index contributed by atoms with van der Waals surface area (Å²) in [4.78, 5) is 15.6. The van der Waals surface area contributed by atoms with E-state index in [4.69, 9.17) is 15.0 Å². The molecule has 62 heavy (non-hydrogen) atoms. The standard InChI is InChI=1S/C57H44N4S/c1-56(2)28-29-57(3,4)48-34-50-45(33-47(48)56)43-16-7-9-18-49(43)61(50)42-15-11-14-40(31-42)54-58-53(59-55(60-54)41-25-22-35-12-5-6-13-38(35)30-41)37-23-20-36(21-24-37)39-26-27-52-46(32-39)44-17-8-10-19-51(44)62-52/h5-27,30-34H,28-29H2,1-4H3. The Bertz CT molecular complexity index is 3590. The molecule has 8 aromatic carbocycles. The summed E-state index contributed by atoms with van der Waals surface area (Å²) >= 11 is 1.85. The van der Waals surface area contributed by atoms with Crippen molar-refractivity contribution in [2.75, 3.05) is 0 Å². The lowest BCUT2D eigenvalue weighted by Crippen LogP contribution is -2.33. The van der Waals surface area contributed by atoms with Crippen LogP contribution in [-0.2, 0) is 10.8 Å². The van der Waals surface area contributed by atoms with Crippen LogP contribution in [0.5, 0.6) is 0 Å². The molecule has 0 N–H and O–H groups in total. The van der Waals surface area contributed by atoms with Crippen molar-refractivity contribution in [3.63, 3.8) is 0 Å². The Morgan fingerprint density at radius 2 is 1.00 bits per heavy atom. The first-order chi connectivity index (χ1) is 30.2. The van der Waals surface area contributed by atoms with E-state index in [-0.39, 0.29) is 10.8 Å². The fourth-order valence-corrected chi connectivity index (χ4v) is 11.0. The van der Waals surface area contributed by atoms with E-state index in [1.165, 1.54) is 76.9 Å². The predicted octanol–water partition coefficient (Wildman–Crippen LogP) is 15.5. The number of benzene rings is 8. The maximum absolute atomic E-state index is 5.24. The van der Waals surface area contributed by atoms with E-state index in [2.05, 4.69) is 202 Å². The third kappa shape index (κ3) is 5.98. The van der Waals surface area contributed by atoms with E-state index < -0.39 is 0 Å². The smallest absolute Gasteiger partial charge is 0.164 e. The van der Waals surface area contributed by atoms with Crippen LogP contribution in [0.4, 0.5) is 0 Å². The van der Waals surface area contributed by atoms with Crippen LogP contribution in [0, 0.1) is 0 Å². The Labute approximate surface area is 365 Å². The first-order valence-electron chi connectivity index (χ1n) is 21.6. The molecular weight excluding hydrogens is 773 g/mol. The molecule has 0 unspecified atom stereocenters. The van der Waals surface area contributed by atoms with Crippen LogP contribution in [0.3, 0.4) is 0 Å². The second kappa shape index (κ2) is 13.8. The first kappa shape index (κ1) is 36.9. The van der Waals surface area contributed by atoms with Gasteiger partial charge in [-0.25, -0.2) is 15.0 Å². The van der Waals surface area contributed by atoms with Gasteiger partial charge >= 0.3 is 0 Å². The summed E-state index contributed by atoms with van der Waals surface area (Å²) in [5.41, 5.74) is 11.8. The Kier molecular flexibility index (Phi) is 8.20. The second-order valence-electron chi connectivity index (χ2n) is 18.3. The number of rotatable bonds is 5. The van der Waals surface area contributed by atoms with Gasteiger partial charge in [-0.15, -0.1) is 11.3 Å². The van der Waals surface area contributed by atoms with E-state index in [0.717, 1.165) is 33.3 Å². The topological polar surface area (TPSA) is 43.6 Å². The maximum atomic E-state index is 5.24. The first-order valence-corrected chi connectivity index (χ1v) is 22.4. The Morgan fingerprint density at radius 1 is 0.403 bits per heavy atom. The van der Waals surface area contributed by atoms with Crippen molar-refractivity contribution in [2.45, 2.75) is 51.4 Å². The molecule has 0 saturated carbocycles. The highest BCUT2D eigenvalue weighted by molar-refractivity contribution is 7.25. The van der Waals surface area contributed by atoms with Crippen LogP contribution in [0.1, 0.15) is 51.7 Å². The van der Waals surface area contributed by atoms with Gasteiger partial charge in [-0.1, -0.05) is 143 Å². The van der Waals surface area contributed by atoms with Crippen LogP contribution >= 0.6 is 11.3 Å². The minimum absolute atomic E-state index is 0.0906. The molecule has 11 aromatic rings. The van der Waals surface area contributed by atoms with Crippen LogP contribution in [-0.4, -0.2) is 19.5 Å². The molecule has 0 atom stereocenters. The SMILES string of the molecule is CC1(C)CCC(C)(C)c2cc3c(cc21)c1ccccc1n3-c1cccc(-c2nc(-c3ccc(-c4ccc5sc6ccccc6c5c4)cc3)nc(-c3ccc4ccccc4c3)n2)c1. The summed E-state index contributed by atoms with van der Waals surface area (Å²) in [5, 5.41) is 7.49. The summed E-state index contributed by atoms with van der Waals surface area (Å²) in [6, 6.07) is 61.6. The molecule has 0 spiro atoms. The fourth-order valence-electron chi connectivity index (χ4n) is 9.90. The van der Waals surface area contributed by atoms with Gasteiger partial charge in [0, 0.05) is 53.3 Å². The Balaban J connectivity index is 1.00. The Hall–Kier alpha value is -6.95. The molecule has 3 aromatic heterocycles. The predicted molar refractivity (Wildman–Crippen MR) is 262 cm³/mol. The van der Waals surface area contributed by atoms with Gasteiger partial charge in [0.2, 0.25) is 0 Å². The molecule has 0 fully saturated rings. The minimum atomic E-state index is 0.0906. The van der Waals surface area contributed by atoms with Crippen molar-refractivity contribution >= 4 is 64.1 Å². The van der Waals surface area contributed by atoms with E-state index in [1.54, 1.807) is 0 Å². The third-order valence-corrected chi connectivity index (χ3v) is 14.7. The van der Waals surface area contributed by atoms with Crippen molar-refractivity contribution < 1.29 is 0 Å². The lowest BCUT2D eigenvalue weighted by molar-refractivity contribution is 0.332. The molecule has 4 nitrogen and oxygen atoms in total. The van der Waals surface area contributed by atoms with Gasteiger partial charge in [0.25, 0.3) is 0 Å². The summed E-state index contributed by atoms with van der Waals surface area (Å²) in [7, 11) is 0. The van der Waals surface area contributed by atoms with Gasteiger partial charge in [-0.3, -0.25) is 0 Å². The van der Waals surface area contributed by atoms with Crippen molar-refractivity contribution in [1.82, 2.24) is 19.5 Å². The molecule has 5 heteroatoms. The molecule has 12 rings (SSSR count). The number of hydrogen-bond donors (Lipinski definition) is 0. The number of nitrogens with zero attached hydrogens (tertiary/aromatic N) is 4. The molecule has 0 saturated heterocycles. The van der Waals surface area contributed by atoms with Gasteiger partial charge in [0.1, 0.15) is 0 Å². The van der Waals surface area contributed by atoms with Gasteiger partial charge in [0.05, 0.1) is 11.0 Å². The molecule has 298 valence electrons. The van der Waals surface area contributed by atoms with Crippen LogP contribution in [0.2, 0.25) is 0 Å². The zero-order valence-corrected chi connectivity index (χ0v) is 36.1. The highest BCUT2D eigenvalue weighted by Crippen LogP contribution is 2.48. The summed E-state index contributed by atoms with van der Waals surface area (Å²) in [6.45, 7) is 9.63. The molecule has 0 aliphatic heterocycles. The normalized spacial score (nSPS) is 14.6. The van der Waals surface area contributed by atoms with Gasteiger partial charge in [-0.05, 0) is 111 Å². The Morgan fingerprint density at radius 3 is 1.79 bits per heavy atom. The summed E-state index contributed by atoms with van der Waals surface area (Å²) in [6.07, 6.45) is 2.35. The highest BCUT2D eigenvalue weighted by atomic mass is 32.1. The lowest BCUT2D eigenvalue weighted by atomic mass is 9.63. The van der Waals surface area contributed by atoms with Gasteiger partial charge in [0.15, 0.2) is 17.5 Å². The van der Waals surface area contributed by atoms with Gasteiger partial charge < -0.3 is 4.57 Å². The zero-order valence-electron chi connectivity index (χ0n) is 35.3. The number of fused-ring (bicyclic) bond motifs is 8. The van der Waals surface area contributed by atoms with Crippen molar-refractivity contribution in [3.05, 3.63) is 181 Å². The van der Waals surface area contributed by atoms with E-state index >= 15 is 0 Å². The van der Waals surface area contributed by atoms with Crippen molar-refractivity contribution in [1.29, 1.82) is 0 Å². The molecular formula is C57H44N4S. The monoisotopic (exact) mass is 816 g/mol. The average Bonchev–Trinajstić information content (AvgIpc) is 3.85. The molecule has 0 radical (unpaired) electrons. The zero-order chi connectivity index (χ0) is 41.7. The van der Waals surface area contributed by atoms with E-state index in [0.29, 0.717) is 17.5 Å². The number of para-hydroxylation sites is 1. The van der Waals surface area contributed by atoms with E-state index in [1.807, 2.05) is 11.3 Å². The molecule has 3 heterocycles. The average molecular weight is 817 g/mol. The molecule has 1 aliphatic carbocycles. The van der Waals surface area contributed by atoms with Crippen molar-refractivity contribution in [2.24, 2.45) is 0 Å². The summed E-state index contributed by atoms with van der Waals surface area (Å²) in [5.74, 6) is 1.93. The largest absolute Gasteiger partial charge is 0.309 e. The third-order valence-electron chi connectivity index (χ3n) is 13.5. The van der Waals surface area contributed by atoms with Crippen molar-refractivity contribution in [3.8, 4) is 51.0 Å². The number of hydrogen-bond acceptors (Lipinski definition) is 4. The molecule has 0 amide bonds. The van der Waals surface area contributed by atoms with E-state index in [9.17, 15) is 0 Å². The minimum Gasteiger partial charge on any atom is -0.309 e. The quantitative estimate of drug-likeness (QED) is 0.174. The fraction of sp³-hybridized carbons (Fsp3) is 0.140. The number of aromatic nitrogens is 4. The lowest BCUT2D eigenvalue weighted by Gasteiger charge is -2.42. The molecule has 1 aliphatic rings. The number of thiophene rings is 1. The highest BCUT2D eigenvalue weighted by Gasteiger charge is 2.38. The van der Waals surface area contributed by atoms with Crippen LogP contribution in [0.15, 0.2) is 170 Å².